The van der Waals surface area contributed by atoms with Crippen molar-refractivity contribution in [3.05, 3.63) is 64.7 Å². The smallest absolute Gasteiger partial charge is 0.253 e. The Morgan fingerprint density at radius 3 is 2.51 bits per heavy atom. The number of aromatic nitrogens is 1. The van der Waals surface area contributed by atoms with Gasteiger partial charge in [0.15, 0.2) is 0 Å². The molecule has 0 saturated carbocycles. The van der Waals surface area contributed by atoms with Gasteiger partial charge in [0.05, 0.1) is 0 Å². The van der Waals surface area contributed by atoms with Crippen molar-refractivity contribution in [2.24, 2.45) is 5.41 Å². The maximum Gasteiger partial charge on any atom is 0.253 e. The van der Waals surface area contributed by atoms with E-state index in [0.717, 1.165) is 43.7 Å². The van der Waals surface area contributed by atoms with Crippen molar-refractivity contribution in [1.29, 1.82) is 0 Å². The van der Waals surface area contributed by atoms with E-state index in [4.69, 9.17) is 4.98 Å². The number of aryl methyl sites for hydroxylation is 1. The molecule has 2 fully saturated rings. The third-order valence-corrected chi connectivity index (χ3v) is 7.69. The van der Waals surface area contributed by atoms with Gasteiger partial charge in [-0.25, -0.2) is 8.78 Å². The molecular formula is C29H39F2N3O. The van der Waals surface area contributed by atoms with Gasteiger partial charge in [0.2, 0.25) is 0 Å². The number of rotatable bonds is 4. The third kappa shape index (κ3) is 5.91. The first kappa shape index (κ1) is 25.7. The summed E-state index contributed by atoms with van der Waals surface area (Å²) in [5.41, 5.74) is 2.82. The number of carbonyl (C=O) groups excluding carboxylic acids is 1. The predicted octanol–water partition coefficient (Wildman–Crippen LogP) is 5.90. The number of hydrogen-bond donors (Lipinski definition) is 0. The van der Waals surface area contributed by atoms with Crippen molar-refractivity contribution in [2.75, 3.05) is 32.7 Å². The van der Waals surface area contributed by atoms with E-state index in [2.05, 4.69) is 11.0 Å². The number of carbonyl (C=O) groups is 1. The highest BCUT2D eigenvalue weighted by atomic mass is 19.1. The highest BCUT2D eigenvalue weighted by Gasteiger charge is 2.43. The molecular weight excluding hydrogens is 444 g/mol. The van der Waals surface area contributed by atoms with Gasteiger partial charge in [-0.05, 0) is 73.8 Å². The van der Waals surface area contributed by atoms with E-state index in [0.29, 0.717) is 30.8 Å². The van der Waals surface area contributed by atoms with E-state index < -0.39 is 6.17 Å². The van der Waals surface area contributed by atoms with Gasteiger partial charge in [-0.2, -0.15) is 0 Å². The number of pyridine rings is 1. The van der Waals surface area contributed by atoms with Crippen LogP contribution in [0.1, 0.15) is 80.2 Å². The minimum atomic E-state index is -0.885. The second kappa shape index (κ2) is 9.96. The maximum absolute atomic E-state index is 14.7. The Bertz CT molecular complexity index is 1050. The molecule has 190 valence electrons. The van der Waals surface area contributed by atoms with Crippen molar-refractivity contribution >= 4 is 5.91 Å². The Morgan fingerprint density at radius 2 is 1.91 bits per heavy atom. The zero-order valence-electron chi connectivity index (χ0n) is 21.8. The SMILES string of the molecule is Cc1cccc(C2CN(CC(C)F)CC3(CCN(C(=O)c4ccc(C(C)(C)C)c(F)c4)CC3)C2)n1. The quantitative estimate of drug-likeness (QED) is 0.544. The Morgan fingerprint density at radius 1 is 1.20 bits per heavy atom. The van der Waals surface area contributed by atoms with Crippen LogP contribution in [0.4, 0.5) is 8.78 Å². The van der Waals surface area contributed by atoms with Gasteiger partial charge in [0.25, 0.3) is 5.91 Å². The number of piperidine rings is 2. The van der Waals surface area contributed by atoms with Crippen molar-refractivity contribution in [2.45, 2.75) is 71.4 Å². The molecule has 2 saturated heterocycles. The summed E-state index contributed by atoms with van der Waals surface area (Å²) in [5.74, 6) is -0.182. The van der Waals surface area contributed by atoms with E-state index in [9.17, 15) is 13.6 Å². The van der Waals surface area contributed by atoms with E-state index >= 15 is 0 Å². The number of amides is 1. The van der Waals surface area contributed by atoms with Crippen LogP contribution in [-0.2, 0) is 5.41 Å². The molecule has 3 heterocycles. The molecule has 2 aliphatic heterocycles. The largest absolute Gasteiger partial charge is 0.339 e. The molecule has 2 aliphatic rings. The molecule has 2 unspecified atom stereocenters. The molecule has 0 bridgehead atoms. The number of alkyl halides is 1. The third-order valence-electron chi connectivity index (χ3n) is 7.69. The Hall–Kier alpha value is -2.34. The van der Waals surface area contributed by atoms with E-state index in [1.165, 1.54) is 6.07 Å². The first-order chi connectivity index (χ1) is 16.5. The van der Waals surface area contributed by atoms with Crippen LogP contribution in [0.15, 0.2) is 36.4 Å². The first-order valence-corrected chi connectivity index (χ1v) is 12.9. The van der Waals surface area contributed by atoms with Gasteiger partial charge in [-0.15, -0.1) is 0 Å². The summed E-state index contributed by atoms with van der Waals surface area (Å²) in [7, 11) is 0. The van der Waals surface area contributed by atoms with E-state index in [1.807, 2.05) is 44.7 Å². The van der Waals surface area contributed by atoms with Crippen LogP contribution in [0.2, 0.25) is 0 Å². The number of nitrogens with zero attached hydrogens (tertiary/aromatic N) is 3. The van der Waals surface area contributed by atoms with Crippen LogP contribution in [0, 0.1) is 18.2 Å². The number of likely N-dealkylation sites (tertiary alicyclic amines) is 2. The summed E-state index contributed by atoms with van der Waals surface area (Å²) in [6.07, 6.45) is 1.84. The minimum Gasteiger partial charge on any atom is -0.339 e. The summed E-state index contributed by atoms with van der Waals surface area (Å²) in [4.78, 5) is 22.1. The highest BCUT2D eigenvalue weighted by Crippen LogP contribution is 2.45. The van der Waals surface area contributed by atoms with Crippen LogP contribution in [0.3, 0.4) is 0 Å². The first-order valence-electron chi connectivity index (χ1n) is 12.9. The fourth-order valence-electron chi connectivity index (χ4n) is 5.97. The molecule has 1 spiro atoms. The van der Waals surface area contributed by atoms with E-state index in [1.54, 1.807) is 19.1 Å². The van der Waals surface area contributed by atoms with Crippen LogP contribution in [0.25, 0.3) is 0 Å². The minimum absolute atomic E-state index is 0.0291. The molecule has 1 aromatic carbocycles. The van der Waals surface area contributed by atoms with Gasteiger partial charge in [0.1, 0.15) is 12.0 Å². The molecule has 0 N–H and O–H groups in total. The Balaban J connectivity index is 1.48. The lowest BCUT2D eigenvalue weighted by Gasteiger charge is -2.50. The van der Waals surface area contributed by atoms with Gasteiger partial charge in [-0.3, -0.25) is 14.7 Å². The van der Waals surface area contributed by atoms with Crippen LogP contribution < -0.4 is 0 Å². The fraction of sp³-hybridized carbons (Fsp3) is 0.586. The monoisotopic (exact) mass is 483 g/mol. The number of hydrogen-bond acceptors (Lipinski definition) is 3. The van der Waals surface area contributed by atoms with Crippen LogP contribution >= 0.6 is 0 Å². The van der Waals surface area contributed by atoms with Crippen molar-refractivity contribution in [1.82, 2.24) is 14.8 Å². The lowest BCUT2D eigenvalue weighted by atomic mass is 9.68. The molecule has 2 atom stereocenters. The molecule has 1 aromatic heterocycles. The van der Waals surface area contributed by atoms with Gasteiger partial charge in [0, 0.05) is 55.6 Å². The summed E-state index contributed by atoms with van der Waals surface area (Å²) in [6.45, 7) is 12.9. The predicted molar refractivity (Wildman–Crippen MR) is 136 cm³/mol. The molecule has 35 heavy (non-hydrogen) atoms. The van der Waals surface area contributed by atoms with Crippen molar-refractivity contribution < 1.29 is 13.6 Å². The summed E-state index contributed by atoms with van der Waals surface area (Å²) >= 11 is 0. The average Bonchev–Trinajstić information content (AvgIpc) is 2.77. The van der Waals surface area contributed by atoms with Crippen LogP contribution in [-0.4, -0.2) is 59.6 Å². The van der Waals surface area contributed by atoms with Crippen molar-refractivity contribution in [3.63, 3.8) is 0 Å². The lowest BCUT2D eigenvalue weighted by Crippen LogP contribution is -2.53. The van der Waals surface area contributed by atoms with E-state index in [-0.39, 0.29) is 28.5 Å². The fourth-order valence-corrected chi connectivity index (χ4v) is 5.97. The molecule has 4 rings (SSSR count). The molecule has 4 nitrogen and oxygen atoms in total. The summed E-state index contributed by atoms with van der Waals surface area (Å²) in [6, 6.07) is 11.0. The zero-order valence-corrected chi connectivity index (χ0v) is 21.8. The maximum atomic E-state index is 14.7. The average molecular weight is 484 g/mol. The normalized spacial score (nSPS) is 21.8. The summed E-state index contributed by atoms with van der Waals surface area (Å²) in [5, 5.41) is 0. The van der Waals surface area contributed by atoms with Gasteiger partial charge < -0.3 is 4.90 Å². The van der Waals surface area contributed by atoms with Crippen LogP contribution in [0.5, 0.6) is 0 Å². The summed E-state index contributed by atoms with van der Waals surface area (Å²) < 4.78 is 28.7. The molecule has 6 heteroatoms. The molecule has 2 aromatic rings. The second-order valence-electron chi connectivity index (χ2n) is 11.8. The Kier molecular flexibility index (Phi) is 7.33. The van der Waals surface area contributed by atoms with Gasteiger partial charge >= 0.3 is 0 Å². The topological polar surface area (TPSA) is 36.4 Å². The molecule has 0 radical (unpaired) electrons. The second-order valence-corrected chi connectivity index (χ2v) is 11.8. The van der Waals surface area contributed by atoms with Gasteiger partial charge in [-0.1, -0.05) is 32.9 Å². The molecule has 1 amide bonds. The standard InChI is InChI=1S/C29H39F2N3O/c1-20(30)17-33-18-23(26-8-6-7-21(2)32-26)16-29(19-33)11-13-34(14-12-29)27(35)22-9-10-24(25(31)15-22)28(3,4)5/h6-10,15,20,23H,11-14,16-19H2,1-5H3. The number of halogens is 2. The lowest BCUT2D eigenvalue weighted by molar-refractivity contribution is 0.00721. The highest BCUT2D eigenvalue weighted by molar-refractivity contribution is 5.94. The number of benzene rings is 1. The zero-order chi connectivity index (χ0) is 25.4. The molecule has 0 aliphatic carbocycles. The van der Waals surface area contributed by atoms with Crippen molar-refractivity contribution in [3.8, 4) is 0 Å². The Labute approximate surface area is 208 Å².